The second-order valence-electron chi connectivity index (χ2n) is 4.09. The number of anilines is 1. The van der Waals surface area contributed by atoms with Crippen LogP contribution in [0.2, 0.25) is 5.15 Å². The first-order valence-corrected chi connectivity index (χ1v) is 7.10. The van der Waals surface area contributed by atoms with Crippen LogP contribution in [0.5, 0.6) is 0 Å². The second-order valence-corrected chi connectivity index (χ2v) is 5.39. The van der Waals surface area contributed by atoms with Crippen LogP contribution in [0, 0.1) is 0 Å². The number of nitrogens with one attached hydrogen (secondary N) is 1. The lowest BCUT2D eigenvalue weighted by Gasteiger charge is -2.14. The zero-order chi connectivity index (χ0) is 12.1. The summed E-state index contributed by atoms with van der Waals surface area (Å²) in [5.74, 6) is 2.92. The summed E-state index contributed by atoms with van der Waals surface area (Å²) >= 11 is 7.76. The van der Waals surface area contributed by atoms with E-state index in [1.807, 2.05) is 0 Å². The first-order chi connectivity index (χ1) is 7.52. The molecule has 1 heterocycles. The smallest absolute Gasteiger partial charge is 0.135 e. The van der Waals surface area contributed by atoms with Crippen molar-refractivity contribution >= 4 is 29.2 Å². The van der Waals surface area contributed by atoms with Crippen LogP contribution in [0.4, 0.5) is 5.82 Å². The number of nitrogens with zero attached hydrogens (tertiary/aromatic N) is 2. The predicted octanol–water partition coefficient (Wildman–Crippen LogP) is 3.42. The third kappa shape index (κ3) is 4.18. The molecule has 90 valence electrons. The fourth-order valence-corrected chi connectivity index (χ4v) is 2.08. The van der Waals surface area contributed by atoms with Crippen LogP contribution in [0.1, 0.15) is 32.5 Å². The van der Waals surface area contributed by atoms with E-state index in [9.17, 15) is 0 Å². The molecule has 1 rings (SSSR count). The summed E-state index contributed by atoms with van der Waals surface area (Å²) in [6.07, 6.45) is 2.09. The zero-order valence-corrected chi connectivity index (χ0v) is 11.7. The van der Waals surface area contributed by atoms with Crippen molar-refractivity contribution in [2.24, 2.45) is 0 Å². The average molecular weight is 260 g/mol. The fourth-order valence-electron chi connectivity index (χ4n) is 1.31. The Morgan fingerprint density at radius 2 is 2.06 bits per heavy atom. The van der Waals surface area contributed by atoms with Gasteiger partial charge in [-0.3, -0.25) is 0 Å². The van der Waals surface area contributed by atoms with Gasteiger partial charge in [-0.1, -0.05) is 25.4 Å². The monoisotopic (exact) mass is 259 g/mol. The van der Waals surface area contributed by atoms with Crippen LogP contribution in [-0.2, 0) is 0 Å². The molecule has 0 fully saturated rings. The normalized spacial score (nSPS) is 12.9. The van der Waals surface area contributed by atoms with Gasteiger partial charge in [0.05, 0.1) is 0 Å². The Kier molecular flexibility index (Phi) is 5.35. The SMILES string of the molecule is CSCC(C)Nc1cc(Cl)nc(C(C)C)n1. The summed E-state index contributed by atoms with van der Waals surface area (Å²) < 4.78 is 0. The standard InChI is InChI=1S/C11H18ClN3S/c1-7(2)11-14-9(12)5-10(15-11)13-8(3)6-16-4/h5,7-8H,6H2,1-4H3,(H,13,14,15). The molecule has 1 N–H and O–H groups in total. The van der Waals surface area contributed by atoms with E-state index in [2.05, 4.69) is 42.3 Å². The Morgan fingerprint density at radius 1 is 1.38 bits per heavy atom. The van der Waals surface area contributed by atoms with Gasteiger partial charge in [0, 0.05) is 23.8 Å². The van der Waals surface area contributed by atoms with E-state index in [0.29, 0.717) is 11.2 Å². The maximum Gasteiger partial charge on any atom is 0.135 e. The first kappa shape index (κ1) is 13.6. The van der Waals surface area contributed by atoms with Crippen LogP contribution in [0.15, 0.2) is 6.07 Å². The van der Waals surface area contributed by atoms with Crippen LogP contribution in [0.3, 0.4) is 0 Å². The van der Waals surface area contributed by atoms with Crippen LogP contribution >= 0.6 is 23.4 Å². The quantitative estimate of drug-likeness (QED) is 0.823. The van der Waals surface area contributed by atoms with Crippen LogP contribution in [-0.4, -0.2) is 28.0 Å². The van der Waals surface area contributed by atoms with Crippen molar-refractivity contribution in [1.29, 1.82) is 0 Å². The summed E-state index contributed by atoms with van der Waals surface area (Å²) in [7, 11) is 0. The van der Waals surface area contributed by atoms with Gasteiger partial charge < -0.3 is 5.32 Å². The summed E-state index contributed by atoms with van der Waals surface area (Å²) in [6.45, 7) is 6.24. The van der Waals surface area contributed by atoms with Gasteiger partial charge in [0.1, 0.15) is 16.8 Å². The van der Waals surface area contributed by atoms with Crippen molar-refractivity contribution in [1.82, 2.24) is 9.97 Å². The number of hydrogen-bond donors (Lipinski definition) is 1. The van der Waals surface area contributed by atoms with Crippen LogP contribution in [0.25, 0.3) is 0 Å². The molecule has 16 heavy (non-hydrogen) atoms. The second kappa shape index (κ2) is 6.30. The average Bonchev–Trinajstić information content (AvgIpc) is 2.16. The van der Waals surface area contributed by atoms with Gasteiger partial charge >= 0.3 is 0 Å². The molecule has 0 bridgehead atoms. The Morgan fingerprint density at radius 3 is 2.62 bits per heavy atom. The molecule has 0 radical (unpaired) electrons. The van der Waals surface area contributed by atoms with Gasteiger partial charge in [0.15, 0.2) is 0 Å². The largest absolute Gasteiger partial charge is 0.367 e. The minimum atomic E-state index is 0.287. The maximum absolute atomic E-state index is 5.96. The molecule has 5 heteroatoms. The molecule has 1 aromatic rings. The van der Waals surface area contributed by atoms with E-state index < -0.39 is 0 Å². The van der Waals surface area contributed by atoms with E-state index in [1.54, 1.807) is 17.8 Å². The maximum atomic E-state index is 5.96. The van der Waals surface area contributed by atoms with Gasteiger partial charge in [0.25, 0.3) is 0 Å². The van der Waals surface area contributed by atoms with Crippen molar-refractivity contribution in [3.05, 3.63) is 17.0 Å². The van der Waals surface area contributed by atoms with Crippen molar-refractivity contribution in [2.75, 3.05) is 17.3 Å². The number of thioether (sulfide) groups is 1. The first-order valence-electron chi connectivity index (χ1n) is 5.33. The van der Waals surface area contributed by atoms with Gasteiger partial charge in [-0.2, -0.15) is 11.8 Å². The molecule has 1 unspecified atom stereocenters. The van der Waals surface area contributed by atoms with Crippen LogP contribution < -0.4 is 5.32 Å². The molecule has 0 aliphatic carbocycles. The van der Waals surface area contributed by atoms with E-state index >= 15 is 0 Å². The molecule has 0 saturated heterocycles. The third-order valence-corrected chi connectivity index (χ3v) is 3.07. The Hall–Kier alpha value is -0.480. The molecule has 0 saturated carbocycles. The third-order valence-electron chi connectivity index (χ3n) is 2.04. The molecule has 0 aromatic carbocycles. The number of halogens is 1. The van der Waals surface area contributed by atoms with Gasteiger partial charge in [0.2, 0.25) is 0 Å². The molecule has 1 aromatic heterocycles. The molecular formula is C11H18ClN3S. The Labute approximate surface area is 106 Å². The summed E-state index contributed by atoms with van der Waals surface area (Å²) in [5, 5.41) is 3.82. The van der Waals surface area contributed by atoms with Crippen molar-refractivity contribution < 1.29 is 0 Å². The lowest BCUT2D eigenvalue weighted by atomic mass is 10.2. The highest BCUT2D eigenvalue weighted by atomic mass is 35.5. The topological polar surface area (TPSA) is 37.8 Å². The van der Waals surface area contributed by atoms with Gasteiger partial charge in [-0.15, -0.1) is 0 Å². The highest BCUT2D eigenvalue weighted by Crippen LogP contribution is 2.17. The fraction of sp³-hybridized carbons (Fsp3) is 0.636. The number of hydrogen-bond acceptors (Lipinski definition) is 4. The molecule has 0 aliphatic heterocycles. The summed E-state index contributed by atoms with van der Waals surface area (Å²) in [6, 6.07) is 2.14. The van der Waals surface area contributed by atoms with E-state index in [1.165, 1.54) is 0 Å². The molecule has 3 nitrogen and oxygen atoms in total. The van der Waals surface area contributed by atoms with E-state index in [-0.39, 0.29) is 5.92 Å². The Balaban J connectivity index is 2.80. The number of rotatable bonds is 5. The predicted molar refractivity (Wildman–Crippen MR) is 72.6 cm³/mol. The summed E-state index contributed by atoms with van der Waals surface area (Å²) in [5.41, 5.74) is 0. The molecule has 0 aliphatic rings. The van der Waals surface area contributed by atoms with Gasteiger partial charge in [-0.25, -0.2) is 9.97 Å². The molecule has 1 atom stereocenters. The minimum Gasteiger partial charge on any atom is -0.367 e. The van der Waals surface area contributed by atoms with Crippen molar-refractivity contribution in [2.45, 2.75) is 32.7 Å². The Bertz CT molecular complexity index is 344. The lowest BCUT2D eigenvalue weighted by Crippen LogP contribution is -2.19. The molecular weight excluding hydrogens is 242 g/mol. The highest BCUT2D eigenvalue weighted by Gasteiger charge is 2.08. The van der Waals surface area contributed by atoms with Gasteiger partial charge in [-0.05, 0) is 13.2 Å². The van der Waals surface area contributed by atoms with E-state index in [0.717, 1.165) is 17.4 Å². The zero-order valence-electron chi connectivity index (χ0n) is 10.1. The lowest BCUT2D eigenvalue weighted by molar-refractivity contribution is 0.770. The summed E-state index contributed by atoms with van der Waals surface area (Å²) in [4.78, 5) is 8.64. The molecule has 0 spiro atoms. The van der Waals surface area contributed by atoms with E-state index in [4.69, 9.17) is 11.6 Å². The number of aromatic nitrogens is 2. The van der Waals surface area contributed by atoms with Crippen molar-refractivity contribution in [3.8, 4) is 0 Å². The highest BCUT2D eigenvalue weighted by molar-refractivity contribution is 7.98. The molecule has 0 amide bonds. The minimum absolute atomic E-state index is 0.287. The van der Waals surface area contributed by atoms with Crippen molar-refractivity contribution in [3.63, 3.8) is 0 Å².